The first-order chi connectivity index (χ1) is 9.98. The van der Waals surface area contributed by atoms with Crippen LogP contribution in [0.1, 0.15) is 12.8 Å². The molecule has 0 saturated carbocycles. The van der Waals surface area contributed by atoms with Crippen molar-refractivity contribution in [2.75, 3.05) is 39.6 Å². The average molecular weight is 314 g/mol. The number of methoxy groups -OCH3 is 2. The molecule has 0 radical (unpaired) electrons. The molecule has 0 spiro atoms. The first-order valence-electron chi connectivity index (χ1n) is 6.91. The Morgan fingerprint density at radius 1 is 1.29 bits per heavy atom. The highest BCUT2D eigenvalue weighted by atomic mass is 32.2. The predicted molar refractivity (Wildman–Crippen MR) is 80.8 cm³/mol. The Kier molecular flexibility index (Phi) is 5.08. The third-order valence-corrected chi connectivity index (χ3v) is 5.72. The molecule has 6 nitrogen and oxygen atoms in total. The van der Waals surface area contributed by atoms with Crippen molar-refractivity contribution < 1.29 is 17.9 Å². The van der Waals surface area contributed by atoms with Crippen molar-refractivity contribution in [3.63, 3.8) is 0 Å². The van der Waals surface area contributed by atoms with Gasteiger partial charge >= 0.3 is 0 Å². The maximum atomic E-state index is 12.7. The van der Waals surface area contributed by atoms with E-state index >= 15 is 0 Å². The van der Waals surface area contributed by atoms with Crippen molar-refractivity contribution in [3.8, 4) is 5.75 Å². The lowest BCUT2D eigenvalue weighted by Gasteiger charge is -2.31. The van der Waals surface area contributed by atoms with E-state index in [-0.39, 0.29) is 10.6 Å². The summed E-state index contributed by atoms with van der Waals surface area (Å²) >= 11 is 0. The van der Waals surface area contributed by atoms with Crippen LogP contribution >= 0.6 is 0 Å². The van der Waals surface area contributed by atoms with E-state index in [2.05, 4.69) is 0 Å². The average Bonchev–Trinajstić information content (AvgIpc) is 2.47. The van der Waals surface area contributed by atoms with Gasteiger partial charge in [0.15, 0.2) is 0 Å². The molecule has 0 bridgehead atoms. The highest BCUT2D eigenvalue weighted by molar-refractivity contribution is 7.89. The monoisotopic (exact) mass is 314 g/mol. The zero-order valence-electron chi connectivity index (χ0n) is 12.4. The van der Waals surface area contributed by atoms with Gasteiger partial charge in [-0.15, -0.1) is 0 Å². The van der Waals surface area contributed by atoms with Gasteiger partial charge in [0.25, 0.3) is 0 Å². The number of nitrogens with two attached hydrogens (primary N) is 1. The van der Waals surface area contributed by atoms with Crippen molar-refractivity contribution in [2.24, 2.45) is 5.92 Å². The van der Waals surface area contributed by atoms with Crippen LogP contribution < -0.4 is 10.5 Å². The summed E-state index contributed by atoms with van der Waals surface area (Å²) in [6.07, 6.45) is 1.62. The predicted octanol–water partition coefficient (Wildman–Crippen LogP) is 1.32. The molecular weight excluding hydrogens is 292 g/mol. The van der Waals surface area contributed by atoms with Crippen LogP contribution in [0.2, 0.25) is 0 Å². The minimum atomic E-state index is -3.55. The Hall–Kier alpha value is -1.31. The van der Waals surface area contributed by atoms with E-state index in [0.29, 0.717) is 31.3 Å². The van der Waals surface area contributed by atoms with Gasteiger partial charge < -0.3 is 15.2 Å². The molecule has 1 heterocycles. The lowest BCUT2D eigenvalue weighted by Crippen LogP contribution is -2.39. The lowest BCUT2D eigenvalue weighted by molar-refractivity contribution is 0.121. The smallest absolute Gasteiger partial charge is 0.246 e. The number of ether oxygens (including phenoxy) is 2. The molecule has 1 saturated heterocycles. The molecule has 0 aromatic heterocycles. The highest BCUT2D eigenvalue weighted by Gasteiger charge is 2.31. The molecule has 21 heavy (non-hydrogen) atoms. The Balaban J connectivity index is 2.20. The second kappa shape index (κ2) is 6.64. The van der Waals surface area contributed by atoms with Gasteiger partial charge in [0.05, 0.1) is 7.11 Å². The highest BCUT2D eigenvalue weighted by Crippen LogP contribution is 2.31. The zero-order chi connectivity index (χ0) is 15.5. The van der Waals surface area contributed by atoms with Gasteiger partial charge in [-0.3, -0.25) is 0 Å². The molecule has 1 aliphatic rings. The van der Waals surface area contributed by atoms with Crippen LogP contribution in [0.15, 0.2) is 23.1 Å². The van der Waals surface area contributed by atoms with Crippen LogP contribution in [0.3, 0.4) is 0 Å². The van der Waals surface area contributed by atoms with E-state index in [1.807, 2.05) is 0 Å². The summed E-state index contributed by atoms with van der Waals surface area (Å²) in [5, 5.41) is 0. The second-order valence-electron chi connectivity index (χ2n) is 5.21. The molecule has 0 amide bonds. The number of hydrogen-bond donors (Lipinski definition) is 1. The van der Waals surface area contributed by atoms with E-state index in [1.54, 1.807) is 13.2 Å². The minimum absolute atomic E-state index is 0.171. The summed E-state index contributed by atoms with van der Waals surface area (Å²) < 4.78 is 37.2. The fourth-order valence-corrected chi connectivity index (χ4v) is 4.19. The largest absolute Gasteiger partial charge is 0.495 e. The van der Waals surface area contributed by atoms with Crippen molar-refractivity contribution in [3.05, 3.63) is 18.2 Å². The van der Waals surface area contributed by atoms with Gasteiger partial charge in [-0.1, -0.05) is 0 Å². The summed E-state index contributed by atoms with van der Waals surface area (Å²) in [6, 6.07) is 4.61. The normalized spacial score (nSPS) is 17.8. The first-order valence-corrected chi connectivity index (χ1v) is 8.35. The molecule has 0 atom stereocenters. The van der Waals surface area contributed by atoms with Gasteiger partial charge in [-0.05, 0) is 30.9 Å². The topological polar surface area (TPSA) is 81.9 Å². The molecule has 2 rings (SSSR count). The molecule has 1 aromatic rings. The summed E-state index contributed by atoms with van der Waals surface area (Å²) in [5.41, 5.74) is 6.15. The lowest BCUT2D eigenvalue weighted by atomic mass is 9.99. The van der Waals surface area contributed by atoms with Crippen molar-refractivity contribution in [1.82, 2.24) is 4.31 Å². The van der Waals surface area contributed by atoms with E-state index in [9.17, 15) is 8.42 Å². The Morgan fingerprint density at radius 2 is 1.95 bits per heavy atom. The second-order valence-corrected chi connectivity index (χ2v) is 7.12. The fourth-order valence-electron chi connectivity index (χ4n) is 2.59. The molecule has 2 N–H and O–H groups in total. The van der Waals surface area contributed by atoms with E-state index < -0.39 is 10.0 Å². The number of anilines is 1. The molecule has 118 valence electrons. The standard InChI is InChI=1S/C14H22N2O4S/c1-19-10-11-5-7-16(8-6-11)21(17,18)14-4-3-12(15)9-13(14)20-2/h3-4,9,11H,5-8,10,15H2,1-2H3. The molecule has 7 heteroatoms. The number of piperidine rings is 1. The number of sulfonamides is 1. The van der Waals surface area contributed by atoms with Gasteiger partial charge in [0, 0.05) is 38.6 Å². The van der Waals surface area contributed by atoms with Gasteiger partial charge in [0.2, 0.25) is 10.0 Å². The Labute approximate surface area is 125 Å². The van der Waals surface area contributed by atoms with E-state index in [0.717, 1.165) is 12.8 Å². The van der Waals surface area contributed by atoms with Crippen LogP contribution in [0.4, 0.5) is 5.69 Å². The van der Waals surface area contributed by atoms with Crippen LogP contribution in [-0.4, -0.2) is 46.6 Å². The summed E-state index contributed by atoms with van der Waals surface area (Å²) in [7, 11) is -0.436. The quantitative estimate of drug-likeness (QED) is 0.829. The summed E-state index contributed by atoms with van der Waals surface area (Å²) in [6.45, 7) is 1.69. The van der Waals surface area contributed by atoms with E-state index in [4.69, 9.17) is 15.2 Å². The van der Waals surface area contributed by atoms with Gasteiger partial charge in [-0.2, -0.15) is 4.31 Å². The first kappa shape index (κ1) is 16.1. The fraction of sp³-hybridized carbons (Fsp3) is 0.571. The third kappa shape index (κ3) is 3.48. The summed E-state index contributed by atoms with van der Waals surface area (Å²) in [4.78, 5) is 0.171. The van der Waals surface area contributed by atoms with Crippen LogP contribution in [0.25, 0.3) is 0 Å². The third-order valence-electron chi connectivity index (χ3n) is 3.78. The zero-order valence-corrected chi connectivity index (χ0v) is 13.2. The molecule has 1 fully saturated rings. The maximum Gasteiger partial charge on any atom is 0.246 e. The number of rotatable bonds is 5. The molecule has 1 aromatic carbocycles. The number of nitrogens with zero attached hydrogens (tertiary/aromatic N) is 1. The van der Waals surface area contributed by atoms with E-state index in [1.165, 1.54) is 23.5 Å². The maximum absolute atomic E-state index is 12.7. The van der Waals surface area contributed by atoms with Crippen LogP contribution in [0.5, 0.6) is 5.75 Å². The van der Waals surface area contributed by atoms with Crippen LogP contribution in [0, 0.1) is 5.92 Å². The summed E-state index contributed by atoms with van der Waals surface area (Å²) in [5.74, 6) is 0.712. The number of nitrogen functional groups attached to an aromatic ring is 1. The molecule has 1 aliphatic heterocycles. The SMILES string of the molecule is COCC1CCN(S(=O)(=O)c2ccc(N)cc2OC)CC1. The Morgan fingerprint density at radius 3 is 2.52 bits per heavy atom. The van der Waals surface area contributed by atoms with Crippen LogP contribution in [-0.2, 0) is 14.8 Å². The van der Waals surface area contributed by atoms with Gasteiger partial charge in [-0.25, -0.2) is 8.42 Å². The van der Waals surface area contributed by atoms with Gasteiger partial charge in [0.1, 0.15) is 10.6 Å². The van der Waals surface area contributed by atoms with Crippen molar-refractivity contribution in [1.29, 1.82) is 0 Å². The Bertz CT molecular complexity index is 581. The van der Waals surface area contributed by atoms with Crippen molar-refractivity contribution >= 4 is 15.7 Å². The molecule has 0 aliphatic carbocycles. The minimum Gasteiger partial charge on any atom is -0.495 e. The number of benzene rings is 1. The molecular formula is C14H22N2O4S. The number of hydrogen-bond acceptors (Lipinski definition) is 5. The molecule has 0 unspecified atom stereocenters. The van der Waals surface area contributed by atoms with Crippen molar-refractivity contribution in [2.45, 2.75) is 17.7 Å².